The van der Waals surface area contributed by atoms with Gasteiger partial charge in [-0.15, -0.1) is 0 Å². The van der Waals surface area contributed by atoms with Crippen molar-refractivity contribution < 1.29 is 24.5 Å². The lowest BCUT2D eigenvalue weighted by Gasteiger charge is -2.20. The second kappa shape index (κ2) is 69.8. The molecule has 0 heterocycles. The van der Waals surface area contributed by atoms with Crippen molar-refractivity contribution in [2.24, 2.45) is 0 Å². The summed E-state index contributed by atoms with van der Waals surface area (Å²) >= 11 is 0. The first-order chi connectivity index (χ1) is 39.5. The Labute approximate surface area is 501 Å². The Kier molecular flexibility index (Phi) is 68.4. The topological polar surface area (TPSA) is 95.9 Å². The highest BCUT2D eigenvalue weighted by Gasteiger charge is 2.18. The van der Waals surface area contributed by atoms with Crippen molar-refractivity contribution in [2.75, 3.05) is 13.2 Å². The normalized spacial score (nSPS) is 12.6. The highest BCUT2D eigenvalue weighted by atomic mass is 16.5. The molecular formula is C74H143NO5. The largest absolute Gasteiger partial charge is 0.466 e. The number of aliphatic hydroxyl groups is 2. The van der Waals surface area contributed by atoms with E-state index in [4.69, 9.17) is 4.74 Å². The monoisotopic (exact) mass is 1130 g/mol. The molecule has 6 heteroatoms. The van der Waals surface area contributed by atoms with E-state index in [1.165, 1.54) is 340 Å². The predicted octanol–water partition coefficient (Wildman–Crippen LogP) is 23.7. The molecule has 0 spiro atoms. The number of carbonyl (C=O) groups is 2. The van der Waals surface area contributed by atoms with Gasteiger partial charge < -0.3 is 20.3 Å². The molecule has 1 amide bonds. The van der Waals surface area contributed by atoms with Crippen molar-refractivity contribution in [1.29, 1.82) is 0 Å². The van der Waals surface area contributed by atoms with Crippen LogP contribution in [0.3, 0.4) is 0 Å². The third kappa shape index (κ3) is 65.5. The summed E-state index contributed by atoms with van der Waals surface area (Å²) in [6, 6.07) is -0.634. The first-order valence-electron chi connectivity index (χ1n) is 36.6. The van der Waals surface area contributed by atoms with Crippen molar-refractivity contribution >= 4 is 11.9 Å². The summed E-state index contributed by atoms with van der Waals surface area (Å²) in [5.74, 6) is -0.0554. The van der Waals surface area contributed by atoms with E-state index in [1.807, 2.05) is 6.08 Å². The van der Waals surface area contributed by atoms with E-state index in [9.17, 15) is 19.8 Å². The van der Waals surface area contributed by atoms with Crippen LogP contribution in [0.1, 0.15) is 412 Å². The summed E-state index contributed by atoms with van der Waals surface area (Å²) in [4.78, 5) is 24.7. The fourth-order valence-corrected chi connectivity index (χ4v) is 11.6. The second-order valence-corrected chi connectivity index (χ2v) is 25.3. The number of allylic oxidation sites excluding steroid dienone is 3. The first kappa shape index (κ1) is 78.3. The maximum Gasteiger partial charge on any atom is 0.305 e. The molecule has 2 unspecified atom stereocenters. The zero-order valence-electron chi connectivity index (χ0n) is 54.3. The molecule has 0 aromatic carbocycles. The number of ether oxygens (including phenoxy) is 1. The molecule has 474 valence electrons. The highest BCUT2D eigenvalue weighted by Crippen LogP contribution is 2.19. The molecule has 0 aliphatic carbocycles. The van der Waals surface area contributed by atoms with Gasteiger partial charge in [0.15, 0.2) is 0 Å². The minimum absolute atomic E-state index is 0.0152. The number of amides is 1. The minimum atomic E-state index is -0.850. The van der Waals surface area contributed by atoms with Gasteiger partial charge >= 0.3 is 5.97 Å². The van der Waals surface area contributed by atoms with E-state index in [-0.39, 0.29) is 18.5 Å². The van der Waals surface area contributed by atoms with Crippen molar-refractivity contribution in [3.05, 3.63) is 24.3 Å². The molecule has 6 nitrogen and oxygen atoms in total. The number of unbranched alkanes of at least 4 members (excludes halogenated alkanes) is 56. The number of carbonyl (C=O) groups excluding carboxylic acids is 2. The summed E-state index contributed by atoms with van der Waals surface area (Å²) < 4.78 is 5.51. The minimum Gasteiger partial charge on any atom is -0.466 e. The lowest BCUT2D eigenvalue weighted by Crippen LogP contribution is -2.45. The number of nitrogens with one attached hydrogen (secondary N) is 1. The van der Waals surface area contributed by atoms with Crippen molar-refractivity contribution in [1.82, 2.24) is 5.32 Å². The smallest absolute Gasteiger partial charge is 0.305 e. The van der Waals surface area contributed by atoms with Crippen LogP contribution in [0.2, 0.25) is 0 Å². The summed E-state index contributed by atoms with van der Waals surface area (Å²) in [6.07, 6.45) is 88.3. The average molecular weight is 1130 g/mol. The van der Waals surface area contributed by atoms with Gasteiger partial charge in [-0.05, 0) is 57.8 Å². The molecule has 0 aromatic rings. The average Bonchev–Trinajstić information content (AvgIpc) is 3.46. The number of aliphatic hydroxyl groups excluding tert-OH is 2. The Balaban J connectivity index is 3.42. The van der Waals surface area contributed by atoms with Crippen LogP contribution in [0, 0.1) is 0 Å². The maximum absolute atomic E-state index is 12.5. The summed E-state index contributed by atoms with van der Waals surface area (Å²) in [6.45, 7) is 4.95. The molecule has 3 N–H and O–H groups in total. The third-order valence-electron chi connectivity index (χ3n) is 17.2. The summed E-state index contributed by atoms with van der Waals surface area (Å²) in [5.41, 5.74) is 0. The fourth-order valence-electron chi connectivity index (χ4n) is 11.6. The van der Waals surface area contributed by atoms with Crippen molar-refractivity contribution in [2.45, 2.75) is 424 Å². The first-order valence-corrected chi connectivity index (χ1v) is 36.6. The number of rotatable bonds is 69. The Morgan fingerprint density at radius 2 is 0.588 bits per heavy atom. The van der Waals surface area contributed by atoms with E-state index in [2.05, 4.69) is 31.3 Å². The van der Waals surface area contributed by atoms with Crippen LogP contribution in [0.25, 0.3) is 0 Å². The Hall–Kier alpha value is -1.66. The van der Waals surface area contributed by atoms with Crippen LogP contribution in [-0.2, 0) is 14.3 Å². The van der Waals surface area contributed by atoms with Gasteiger partial charge in [0.1, 0.15) is 0 Å². The van der Waals surface area contributed by atoms with Crippen LogP contribution in [0.4, 0.5) is 0 Å². The SMILES string of the molecule is CCCCCCCCCCCCCCCCCCCCCC/C=C/C(O)C(CO)NC(=O)CCCCCCCCC/C=C\CCCCCCCCCCCCCOC(=O)CCCCCCCCCCCCCCCCCCCCC. The maximum atomic E-state index is 12.5. The van der Waals surface area contributed by atoms with E-state index in [0.717, 1.165) is 44.9 Å². The van der Waals surface area contributed by atoms with Crippen molar-refractivity contribution in [3.8, 4) is 0 Å². The molecule has 0 saturated carbocycles. The van der Waals surface area contributed by atoms with Gasteiger partial charge in [-0.25, -0.2) is 0 Å². The molecule has 0 aliphatic rings. The number of esters is 1. The van der Waals surface area contributed by atoms with Gasteiger partial charge in [-0.3, -0.25) is 9.59 Å². The molecular weight excluding hydrogens is 983 g/mol. The summed E-state index contributed by atoms with van der Waals surface area (Å²) in [5, 5.41) is 23.3. The standard InChI is InChI=1S/C74H143NO5/c1-3-5-7-9-11-13-15-17-19-21-23-24-27-31-34-38-42-46-50-54-58-62-66-72(77)71(70-76)75-73(78)67-63-59-55-51-47-43-39-35-32-28-25-26-29-33-37-41-45-49-53-57-61-65-69-80-74(79)68-64-60-56-52-48-44-40-36-30-22-20-18-16-14-12-10-8-6-4-2/h28,32,62,66,71-72,76-77H,3-27,29-31,33-61,63-65,67-70H2,1-2H3,(H,75,78)/b32-28-,66-62+. The van der Waals surface area contributed by atoms with E-state index >= 15 is 0 Å². The van der Waals surface area contributed by atoms with Gasteiger partial charge in [-0.1, -0.05) is 366 Å². The fraction of sp³-hybridized carbons (Fsp3) is 0.919. The lowest BCUT2D eigenvalue weighted by atomic mass is 10.0. The highest BCUT2D eigenvalue weighted by molar-refractivity contribution is 5.76. The molecule has 0 bridgehead atoms. The summed E-state index contributed by atoms with van der Waals surface area (Å²) in [7, 11) is 0. The van der Waals surface area contributed by atoms with Gasteiger partial charge in [-0.2, -0.15) is 0 Å². The Bertz CT molecular complexity index is 1250. The van der Waals surface area contributed by atoms with Gasteiger partial charge in [0.05, 0.1) is 25.4 Å². The molecule has 0 aliphatic heterocycles. The van der Waals surface area contributed by atoms with Gasteiger partial charge in [0.2, 0.25) is 5.91 Å². The van der Waals surface area contributed by atoms with E-state index in [1.54, 1.807) is 6.08 Å². The molecule has 2 atom stereocenters. The van der Waals surface area contributed by atoms with E-state index < -0.39 is 12.1 Å². The molecule has 0 aromatic heterocycles. The van der Waals surface area contributed by atoms with Gasteiger partial charge in [0, 0.05) is 12.8 Å². The quantitative estimate of drug-likeness (QED) is 0.0320. The molecule has 80 heavy (non-hydrogen) atoms. The van der Waals surface area contributed by atoms with Crippen LogP contribution >= 0.6 is 0 Å². The van der Waals surface area contributed by atoms with Gasteiger partial charge in [0.25, 0.3) is 0 Å². The van der Waals surface area contributed by atoms with Crippen LogP contribution in [0.5, 0.6) is 0 Å². The van der Waals surface area contributed by atoms with Crippen LogP contribution < -0.4 is 5.32 Å². The Morgan fingerprint density at radius 3 is 0.887 bits per heavy atom. The second-order valence-electron chi connectivity index (χ2n) is 25.3. The Morgan fingerprint density at radius 1 is 0.338 bits per heavy atom. The van der Waals surface area contributed by atoms with Crippen molar-refractivity contribution in [3.63, 3.8) is 0 Å². The molecule has 0 saturated heterocycles. The lowest BCUT2D eigenvalue weighted by molar-refractivity contribution is -0.143. The third-order valence-corrected chi connectivity index (χ3v) is 17.2. The zero-order chi connectivity index (χ0) is 57.8. The number of hydrogen-bond donors (Lipinski definition) is 3. The zero-order valence-corrected chi connectivity index (χ0v) is 54.3. The van der Waals surface area contributed by atoms with Crippen LogP contribution in [-0.4, -0.2) is 47.4 Å². The molecule has 0 radical (unpaired) electrons. The number of hydrogen-bond acceptors (Lipinski definition) is 5. The predicted molar refractivity (Wildman–Crippen MR) is 352 cm³/mol. The molecule has 0 fully saturated rings. The van der Waals surface area contributed by atoms with E-state index in [0.29, 0.717) is 19.4 Å². The van der Waals surface area contributed by atoms with Crippen LogP contribution in [0.15, 0.2) is 24.3 Å². The molecule has 0 rings (SSSR count).